The van der Waals surface area contributed by atoms with E-state index in [2.05, 4.69) is 4.98 Å². The Morgan fingerprint density at radius 3 is 1.85 bits per heavy atom. The van der Waals surface area contributed by atoms with Gasteiger partial charge in [-0.2, -0.15) is 26.3 Å². The maximum absolute atomic E-state index is 14.2. The number of epoxide rings is 1. The lowest BCUT2D eigenvalue weighted by atomic mass is 9.74. The third kappa shape index (κ3) is 8.64. The summed E-state index contributed by atoms with van der Waals surface area (Å²) >= 11 is 0. The zero-order valence-electron chi connectivity index (χ0n) is 34.4. The zero-order chi connectivity index (χ0) is 43.3. The number of para-hydroxylation sites is 2. The summed E-state index contributed by atoms with van der Waals surface area (Å²) in [6, 6.07) is 14.7. The number of aromatic amines is 1. The number of carbonyl (C=O) groups excluding carboxylic acids is 2. The summed E-state index contributed by atoms with van der Waals surface area (Å²) in [7, 11) is 0. The van der Waals surface area contributed by atoms with Crippen LogP contribution in [0.2, 0.25) is 0 Å². The van der Waals surface area contributed by atoms with E-state index >= 15 is 0 Å². The Hall–Kier alpha value is -4.56. The van der Waals surface area contributed by atoms with Crippen molar-refractivity contribution in [3.8, 4) is 11.5 Å². The maximum Gasteiger partial charge on any atom is 0.419 e. The molecule has 3 aliphatic heterocycles. The number of alkyl halides is 6. The van der Waals surface area contributed by atoms with Crippen LogP contribution < -0.4 is 9.47 Å². The molecule has 60 heavy (non-hydrogen) atoms. The second-order valence-electron chi connectivity index (χ2n) is 17.9. The van der Waals surface area contributed by atoms with Gasteiger partial charge in [0.25, 0.3) is 0 Å². The lowest BCUT2D eigenvalue weighted by Crippen LogP contribution is -2.52. The Labute approximate surface area is 345 Å². The van der Waals surface area contributed by atoms with Crippen LogP contribution in [0.1, 0.15) is 121 Å². The second-order valence-corrected chi connectivity index (χ2v) is 17.9. The molecule has 5 heterocycles. The predicted octanol–water partition coefficient (Wildman–Crippen LogP) is 9.76. The van der Waals surface area contributed by atoms with E-state index < -0.39 is 47.4 Å². The Morgan fingerprint density at radius 1 is 0.733 bits per heavy atom. The number of Topliss-reactive ketones (excluding diaryl/α,β-unsaturated/α-hetero) is 2. The largest absolute Gasteiger partial charge is 0.493 e. The fraction of sp³-hybridized carbons (Fsp3) is 0.522. The summed E-state index contributed by atoms with van der Waals surface area (Å²) in [5.74, 6) is 1.64. The molecule has 2 atom stereocenters. The molecule has 2 N–H and O–H groups in total. The number of rotatable bonds is 8. The number of hydrogen-bond acceptors (Lipinski definition) is 6. The Morgan fingerprint density at radius 2 is 1.30 bits per heavy atom. The lowest BCUT2D eigenvalue weighted by molar-refractivity contribution is -0.271. The number of H-pyrrole nitrogens is 1. The van der Waals surface area contributed by atoms with Crippen molar-refractivity contribution in [2.24, 2.45) is 0 Å². The molecule has 1 saturated heterocycles. The summed E-state index contributed by atoms with van der Waals surface area (Å²) in [6.07, 6.45) is -0.556. The molecule has 0 spiro atoms. The van der Waals surface area contributed by atoms with Gasteiger partial charge in [-0.05, 0) is 72.6 Å². The standard InChI is InChI=1S/C23H26F3NO3.C15H17F3O2.C8H9NO/c1-21(2,17-6-3-5-15-10-12-30-20(15)17)13-22(29,23(24,25)26)14-27-11-9-16-18(27)7-4-8-19(16)28;1-13(2,8-14(9-20-14)15(16,17)18)11-5-3-4-10-6-7-19-12(10)11;10-8-3-1-2-7-6(8)4-5-9-7/h3,5-6,9,11,29H,4,7-8,10,12-14H2,1-2H3;3-5H,6-9H2,1-2H3;4-5,9H,1-3H2. The molecule has 2 aromatic carbocycles. The predicted molar refractivity (Wildman–Crippen MR) is 212 cm³/mol. The summed E-state index contributed by atoms with van der Waals surface area (Å²) in [5.41, 5.74) is 0.0876. The third-order valence-corrected chi connectivity index (χ3v) is 12.5. The zero-order valence-corrected chi connectivity index (χ0v) is 34.4. The first-order valence-electron chi connectivity index (χ1n) is 20.6. The van der Waals surface area contributed by atoms with Crippen molar-refractivity contribution < 1.29 is 55.2 Å². The Balaban J connectivity index is 0.000000154. The Bertz CT molecular complexity index is 2230. The van der Waals surface area contributed by atoms with Crippen LogP contribution >= 0.6 is 0 Å². The fourth-order valence-electron chi connectivity index (χ4n) is 9.28. The first kappa shape index (κ1) is 43.5. The number of fused-ring (bicyclic) bond motifs is 4. The molecule has 2 aromatic heterocycles. The smallest absolute Gasteiger partial charge is 0.419 e. The van der Waals surface area contributed by atoms with Crippen LogP contribution in [0.15, 0.2) is 60.9 Å². The van der Waals surface area contributed by atoms with Gasteiger partial charge < -0.3 is 28.9 Å². The molecular formula is C46H52F6N2O6. The normalized spacial score (nSPS) is 20.5. The van der Waals surface area contributed by atoms with Crippen LogP contribution in [0.4, 0.5) is 26.3 Å². The highest BCUT2D eigenvalue weighted by atomic mass is 19.4. The van der Waals surface area contributed by atoms with E-state index in [0.717, 1.165) is 65.8 Å². The molecule has 0 radical (unpaired) electrons. The van der Waals surface area contributed by atoms with E-state index in [0.29, 0.717) is 60.8 Å². The van der Waals surface area contributed by atoms with Gasteiger partial charge in [0, 0.05) is 71.7 Å². The lowest BCUT2D eigenvalue weighted by Gasteiger charge is -2.39. The number of halogens is 6. The first-order chi connectivity index (χ1) is 28.1. The number of nitrogens with zero attached hydrogens (tertiary/aromatic N) is 1. The number of aromatic nitrogens is 2. The highest BCUT2D eigenvalue weighted by Gasteiger charge is 2.67. The van der Waals surface area contributed by atoms with Crippen molar-refractivity contribution in [1.29, 1.82) is 0 Å². The number of carbonyl (C=O) groups is 2. The van der Waals surface area contributed by atoms with Crippen molar-refractivity contribution >= 4 is 11.6 Å². The fourth-order valence-corrected chi connectivity index (χ4v) is 9.28. The summed E-state index contributed by atoms with van der Waals surface area (Å²) in [5, 5.41) is 11.0. The van der Waals surface area contributed by atoms with Crippen LogP contribution in [-0.2, 0) is 47.8 Å². The van der Waals surface area contributed by atoms with Crippen LogP contribution in [-0.4, -0.2) is 69.6 Å². The van der Waals surface area contributed by atoms with Gasteiger partial charge in [-0.15, -0.1) is 0 Å². The molecule has 8 nitrogen and oxygen atoms in total. The van der Waals surface area contributed by atoms with Crippen molar-refractivity contribution in [2.45, 2.75) is 133 Å². The van der Waals surface area contributed by atoms with Crippen molar-refractivity contribution in [3.05, 3.63) is 106 Å². The summed E-state index contributed by atoms with van der Waals surface area (Å²) in [4.78, 5) is 26.3. The summed E-state index contributed by atoms with van der Waals surface area (Å²) in [6.45, 7) is 7.28. The number of benzene rings is 2. The Kier molecular flexibility index (Phi) is 11.6. The maximum atomic E-state index is 14.2. The molecule has 1 fully saturated rings. The van der Waals surface area contributed by atoms with Gasteiger partial charge in [0.05, 0.1) is 26.4 Å². The first-order valence-corrected chi connectivity index (χ1v) is 20.6. The van der Waals surface area contributed by atoms with Gasteiger partial charge in [0.2, 0.25) is 0 Å². The number of aliphatic hydroxyl groups is 1. The highest BCUT2D eigenvalue weighted by molar-refractivity contribution is 5.98. The van der Waals surface area contributed by atoms with Gasteiger partial charge in [0.1, 0.15) is 11.5 Å². The average molecular weight is 843 g/mol. The molecule has 5 aliphatic rings. The molecule has 4 aromatic rings. The van der Waals surface area contributed by atoms with E-state index in [1.54, 1.807) is 26.0 Å². The quantitative estimate of drug-likeness (QED) is 0.135. The van der Waals surface area contributed by atoms with Crippen LogP contribution in [0.25, 0.3) is 0 Å². The number of hydrogen-bond donors (Lipinski definition) is 2. The minimum absolute atomic E-state index is 0.0529. The molecule has 0 amide bonds. The molecule has 9 rings (SSSR count). The molecule has 14 heteroatoms. The van der Waals surface area contributed by atoms with Gasteiger partial charge in [-0.1, -0.05) is 64.1 Å². The molecule has 324 valence electrons. The van der Waals surface area contributed by atoms with Crippen LogP contribution in [0.5, 0.6) is 11.5 Å². The molecule has 2 unspecified atom stereocenters. The van der Waals surface area contributed by atoms with Gasteiger partial charge in [-0.3, -0.25) is 9.59 Å². The van der Waals surface area contributed by atoms with E-state index in [1.165, 1.54) is 10.8 Å². The molecule has 2 aliphatic carbocycles. The number of ketones is 2. The van der Waals surface area contributed by atoms with Crippen molar-refractivity contribution in [1.82, 2.24) is 9.55 Å². The molecule has 0 bridgehead atoms. The van der Waals surface area contributed by atoms with E-state index in [4.69, 9.17) is 14.2 Å². The number of nitrogens with one attached hydrogen (secondary N) is 1. The monoisotopic (exact) mass is 842 g/mol. The molecule has 0 saturated carbocycles. The van der Waals surface area contributed by atoms with Crippen molar-refractivity contribution in [2.75, 3.05) is 19.8 Å². The van der Waals surface area contributed by atoms with Gasteiger partial charge in [-0.25, -0.2) is 0 Å². The van der Waals surface area contributed by atoms with E-state index in [-0.39, 0.29) is 18.8 Å². The number of aryl methyl sites for hydroxylation is 1. The number of ether oxygens (including phenoxy) is 3. The van der Waals surface area contributed by atoms with E-state index in [9.17, 15) is 41.0 Å². The minimum Gasteiger partial charge on any atom is -0.493 e. The van der Waals surface area contributed by atoms with Crippen molar-refractivity contribution in [3.63, 3.8) is 0 Å². The highest BCUT2D eigenvalue weighted by Crippen LogP contribution is 2.53. The SMILES string of the molecule is CC(C)(CC(O)(Cn1ccc2c1CCCC2=O)C(F)(F)F)c1cccc2c1OCC2.CC(C)(CC1(C(F)(F)F)CO1)c1cccc2c1OCC2.O=C1CCCc2[nH]ccc21. The summed E-state index contributed by atoms with van der Waals surface area (Å²) < 4.78 is 99.2. The minimum atomic E-state index is -4.83. The third-order valence-electron chi connectivity index (χ3n) is 12.5. The topological polar surface area (TPSA) is 106 Å². The van der Waals surface area contributed by atoms with Crippen LogP contribution in [0, 0.1) is 0 Å². The van der Waals surface area contributed by atoms with Gasteiger partial charge >= 0.3 is 12.4 Å². The second kappa shape index (κ2) is 16.0. The molecular weight excluding hydrogens is 791 g/mol. The van der Waals surface area contributed by atoms with E-state index in [1.807, 2.05) is 56.4 Å². The van der Waals surface area contributed by atoms with Gasteiger partial charge in [0.15, 0.2) is 22.8 Å². The average Bonchev–Trinajstić information content (AvgIpc) is 3.68. The van der Waals surface area contributed by atoms with Crippen LogP contribution in [0.3, 0.4) is 0 Å².